The van der Waals surface area contributed by atoms with Gasteiger partial charge >= 0.3 is 5.69 Å². The molecule has 2 aromatic carbocycles. The van der Waals surface area contributed by atoms with Gasteiger partial charge in [-0.15, -0.1) is 0 Å². The molecule has 1 aromatic heterocycles. The van der Waals surface area contributed by atoms with Crippen LogP contribution in [0.1, 0.15) is 11.1 Å². The molecule has 0 saturated carbocycles. The molecule has 0 aliphatic carbocycles. The molecule has 0 aliphatic heterocycles. The summed E-state index contributed by atoms with van der Waals surface area (Å²) in [4.78, 5) is 29.1. The second kappa shape index (κ2) is 8.70. The van der Waals surface area contributed by atoms with Crippen molar-refractivity contribution in [2.45, 2.75) is 5.75 Å². The Morgan fingerprint density at radius 1 is 1.03 bits per heavy atom. The molecule has 0 atom stereocenters. The Hall–Kier alpha value is -2.88. The number of aromatic nitrogens is 2. The summed E-state index contributed by atoms with van der Waals surface area (Å²) in [6.07, 6.45) is 0. The third-order valence-corrected chi connectivity index (χ3v) is 6.65. The third-order valence-electron chi connectivity index (χ3n) is 4.49. The van der Waals surface area contributed by atoms with E-state index in [0.717, 1.165) is 4.57 Å². The zero-order chi connectivity index (χ0) is 22.9. The molecular weight excluding hydrogens is 465 g/mol. The van der Waals surface area contributed by atoms with Crippen molar-refractivity contribution in [1.29, 1.82) is 0 Å². The first-order valence-electron chi connectivity index (χ1n) is 8.82. The average Bonchev–Trinajstić information content (AvgIpc) is 2.73. The molecule has 0 aliphatic rings. The van der Waals surface area contributed by atoms with E-state index >= 15 is 0 Å². The Bertz CT molecular complexity index is 1410. The number of sulfone groups is 1. The standard InChI is InChI=1S/C20H17Cl2N3O5S/c1-24-18(26)16(19(27)25(2)20(24)28)17(23-14-6-4-3-5-7-14)31(29,30)11-12-8-9-13(21)10-15(12)22/h3-10,26H,11H2,1-2H3. The Kier molecular flexibility index (Phi) is 6.40. The Balaban J connectivity index is 2.30. The molecule has 3 rings (SSSR count). The molecule has 0 bridgehead atoms. The molecule has 0 unspecified atom stereocenters. The maximum Gasteiger partial charge on any atom is 0.333 e. The fourth-order valence-corrected chi connectivity index (χ4v) is 4.92. The largest absolute Gasteiger partial charge is 0.494 e. The van der Waals surface area contributed by atoms with Gasteiger partial charge in [-0.2, -0.15) is 0 Å². The van der Waals surface area contributed by atoms with Crippen LogP contribution in [-0.2, 0) is 29.7 Å². The average molecular weight is 482 g/mol. The van der Waals surface area contributed by atoms with Crippen LogP contribution in [-0.4, -0.2) is 27.7 Å². The summed E-state index contributed by atoms with van der Waals surface area (Å²) in [6.45, 7) is 0. The highest BCUT2D eigenvalue weighted by Crippen LogP contribution is 2.26. The lowest BCUT2D eigenvalue weighted by atomic mass is 10.2. The van der Waals surface area contributed by atoms with Gasteiger partial charge in [-0.05, 0) is 29.8 Å². The predicted octanol–water partition coefficient (Wildman–Crippen LogP) is 2.79. The van der Waals surface area contributed by atoms with Crippen molar-refractivity contribution in [2.24, 2.45) is 19.1 Å². The van der Waals surface area contributed by atoms with E-state index in [9.17, 15) is 23.1 Å². The third kappa shape index (κ3) is 4.58. The molecule has 0 radical (unpaired) electrons. The van der Waals surface area contributed by atoms with Gasteiger partial charge < -0.3 is 5.11 Å². The molecule has 1 N–H and O–H groups in total. The van der Waals surface area contributed by atoms with Gasteiger partial charge in [0.1, 0.15) is 5.56 Å². The molecular formula is C20H17Cl2N3O5S. The van der Waals surface area contributed by atoms with Crippen molar-refractivity contribution in [2.75, 3.05) is 0 Å². The molecule has 31 heavy (non-hydrogen) atoms. The normalized spacial score (nSPS) is 12.2. The summed E-state index contributed by atoms with van der Waals surface area (Å²) in [6, 6.07) is 12.4. The minimum atomic E-state index is -4.32. The predicted molar refractivity (Wildman–Crippen MR) is 120 cm³/mol. The van der Waals surface area contributed by atoms with Crippen molar-refractivity contribution < 1.29 is 13.5 Å². The highest BCUT2D eigenvalue weighted by atomic mass is 35.5. The number of aliphatic imine (C=N–C) groups is 1. The second-order valence-corrected chi connectivity index (χ2v) is 9.40. The lowest BCUT2D eigenvalue weighted by Crippen LogP contribution is -2.41. The maximum atomic E-state index is 13.4. The van der Waals surface area contributed by atoms with Gasteiger partial charge in [0.05, 0.1) is 11.4 Å². The van der Waals surface area contributed by atoms with Gasteiger partial charge in [0.2, 0.25) is 15.7 Å². The molecule has 0 saturated heterocycles. The minimum Gasteiger partial charge on any atom is -0.494 e. The van der Waals surface area contributed by atoms with E-state index in [0.29, 0.717) is 9.59 Å². The van der Waals surface area contributed by atoms with E-state index in [1.807, 2.05) is 0 Å². The topological polar surface area (TPSA) is 111 Å². The van der Waals surface area contributed by atoms with Gasteiger partial charge in [0.25, 0.3) is 5.56 Å². The monoisotopic (exact) mass is 481 g/mol. The van der Waals surface area contributed by atoms with Crippen molar-refractivity contribution in [3.05, 3.63) is 90.5 Å². The Labute approximate surface area is 187 Å². The number of halogens is 2. The molecule has 0 spiro atoms. The van der Waals surface area contributed by atoms with Crippen molar-refractivity contribution in [3.63, 3.8) is 0 Å². The SMILES string of the molecule is Cn1c(O)c(C(=Nc2ccccc2)S(=O)(=O)Cc2ccc(Cl)cc2Cl)c(=O)n(C)c1=O. The van der Waals surface area contributed by atoms with E-state index in [1.54, 1.807) is 18.2 Å². The number of nitrogens with zero attached hydrogens (tertiary/aromatic N) is 3. The van der Waals surface area contributed by atoms with Crippen LogP contribution in [0.2, 0.25) is 10.0 Å². The van der Waals surface area contributed by atoms with E-state index in [1.165, 1.54) is 44.4 Å². The van der Waals surface area contributed by atoms with Crippen LogP contribution in [0.4, 0.5) is 5.69 Å². The van der Waals surface area contributed by atoms with E-state index in [2.05, 4.69) is 4.99 Å². The summed E-state index contributed by atoms with van der Waals surface area (Å²) < 4.78 is 28.2. The van der Waals surface area contributed by atoms with Gasteiger partial charge in [0.15, 0.2) is 5.04 Å². The highest BCUT2D eigenvalue weighted by molar-refractivity contribution is 8.06. The van der Waals surface area contributed by atoms with Crippen LogP contribution in [0.3, 0.4) is 0 Å². The zero-order valence-electron chi connectivity index (χ0n) is 16.4. The fourth-order valence-electron chi connectivity index (χ4n) is 2.83. The van der Waals surface area contributed by atoms with Gasteiger partial charge in [0, 0.05) is 24.1 Å². The van der Waals surface area contributed by atoms with Crippen LogP contribution in [0.15, 0.2) is 63.1 Å². The van der Waals surface area contributed by atoms with Crippen LogP contribution in [0.25, 0.3) is 0 Å². The first kappa shape index (κ1) is 22.8. The maximum absolute atomic E-state index is 13.4. The molecule has 11 heteroatoms. The smallest absolute Gasteiger partial charge is 0.333 e. The van der Waals surface area contributed by atoms with Crippen LogP contribution < -0.4 is 11.2 Å². The summed E-state index contributed by atoms with van der Waals surface area (Å²) >= 11 is 12.0. The number of para-hydroxylation sites is 1. The lowest BCUT2D eigenvalue weighted by Gasteiger charge is -2.14. The Morgan fingerprint density at radius 3 is 2.29 bits per heavy atom. The number of aromatic hydroxyl groups is 1. The highest BCUT2D eigenvalue weighted by Gasteiger charge is 2.31. The number of hydrogen-bond acceptors (Lipinski definition) is 6. The fraction of sp³-hybridized carbons (Fsp3) is 0.150. The van der Waals surface area contributed by atoms with Gasteiger partial charge in [-0.1, -0.05) is 47.5 Å². The summed E-state index contributed by atoms with van der Waals surface area (Å²) in [5.41, 5.74) is -1.96. The first-order valence-corrected chi connectivity index (χ1v) is 11.2. The van der Waals surface area contributed by atoms with Crippen LogP contribution in [0, 0.1) is 0 Å². The van der Waals surface area contributed by atoms with E-state index in [-0.39, 0.29) is 16.3 Å². The molecule has 162 valence electrons. The lowest BCUT2D eigenvalue weighted by molar-refractivity contribution is 0.410. The molecule has 8 nitrogen and oxygen atoms in total. The number of rotatable bonds is 4. The minimum absolute atomic E-state index is 0.118. The molecule has 0 fully saturated rings. The van der Waals surface area contributed by atoms with E-state index in [4.69, 9.17) is 23.2 Å². The zero-order valence-corrected chi connectivity index (χ0v) is 18.7. The number of hydrogen-bond donors (Lipinski definition) is 1. The first-order chi connectivity index (χ1) is 14.5. The van der Waals surface area contributed by atoms with Gasteiger partial charge in [-0.25, -0.2) is 18.2 Å². The van der Waals surface area contributed by atoms with Crippen LogP contribution in [0.5, 0.6) is 5.88 Å². The number of benzene rings is 2. The quantitative estimate of drug-likeness (QED) is 0.454. The second-order valence-electron chi connectivity index (χ2n) is 6.65. The van der Waals surface area contributed by atoms with Crippen LogP contribution >= 0.6 is 23.2 Å². The summed E-state index contributed by atoms with van der Waals surface area (Å²) in [5, 5.41) is 10.3. The molecule has 0 amide bonds. The Morgan fingerprint density at radius 2 is 1.68 bits per heavy atom. The van der Waals surface area contributed by atoms with Crippen molar-refractivity contribution in [1.82, 2.24) is 9.13 Å². The van der Waals surface area contributed by atoms with Gasteiger partial charge in [-0.3, -0.25) is 13.9 Å². The summed E-state index contributed by atoms with van der Waals surface area (Å²) in [7, 11) is -1.93. The molecule has 3 aromatic rings. The van der Waals surface area contributed by atoms with Crippen molar-refractivity contribution >= 4 is 43.8 Å². The molecule has 1 heterocycles. The van der Waals surface area contributed by atoms with Crippen molar-refractivity contribution in [3.8, 4) is 5.88 Å². The van der Waals surface area contributed by atoms with E-state index < -0.39 is 43.3 Å². The summed E-state index contributed by atoms with van der Waals surface area (Å²) in [5.74, 6) is -1.42.